The fourth-order valence-corrected chi connectivity index (χ4v) is 4.29. The highest BCUT2D eigenvalue weighted by molar-refractivity contribution is 5.80. The lowest BCUT2D eigenvalue weighted by atomic mass is 9.93. The van der Waals surface area contributed by atoms with E-state index in [1.165, 1.54) is 0 Å². The molecule has 176 valence electrons. The van der Waals surface area contributed by atoms with Crippen LogP contribution in [0.2, 0.25) is 0 Å². The number of benzene rings is 1. The van der Waals surface area contributed by atoms with Crippen molar-refractivity contribution in [3.8, 4) is 11.6 Å². The molecule has 2 fully saturated rings. The molecule has 2 aliphatic rings. The van der Waals surface area contributed by atoms with Crippen LogP contribution in [0.25, 0.3) is 0 Å². The summed E-state index contributed by atoms with van der Waals surface area (Å²) in [5, 5.41) is 11.7. The number of methoxy groups -OCH3 is 1. The zero-order chi connectivity index (χ0) is 23.0. The van der Waals surface area contributed by atoms with E-state index in [-0.39, 0.29) is 6.10 Å². The third-order valence-corrected chi connectivity index (χ3v) is 6.01. The van der Waals surface area contributed by atoms with Gasteiger partial charge in [0.2, 0.25) is 5.88 Å². The van der Waals surface area contributed by atoms with Gasteiger partial charge in [-0.15, -0.1) is 10.2 Å². The molecule has 1 aliphatic heterocycles. The fourth-order valence-electron chi connectivity index (χ4n) is 4.29. The minimum absolute atomic E-state index is 0.115. The van der Waals surface area contributed by atoms with Crippen LogP contribution in [0.15, 0.2) is 34.3 Å². The molecule has 0 spiro atoms. The van der Waals surface area contributed by atoms with Gasteiger partial charge in [-0.2, -0.15) is 0 Å². The van der Waals surface area contributed by atoms with Crippen LogP contribution in [0.5, 0.6) is 11.6 Å². The maximum Gasteiger partial charge on any atom is 0.233 e. The first kappa shape index (κ1) is 23.0. The van der Waals surface area contributed by atoms with E-state index in [2.05, 4.69) is 49.2 Å². The lowest BCUT2D eigenvalue weighted by molar-refractivity contribution is 0.122. The van der Waals surface area contributed by atoms with Crippen molar-refractivity contribution in [1.29, 1.82) is 0 Å². The zero-order valence-corrected chi connectivity index (χ0v) is 19.4. The Kier molecular flexibility index (Phi) is 7.72. The van der Waals surface area contributed by atoms with Crippen molar-refractivity contribution in [2.24, 2.45) is 9.98 Å². The molecule has 1 saturated heterocycles. The van der Waals surface area contributed by atoms with Gasteiger partial charge in [0.25, 0.3) is 0 Å². The third-order valence-electron chi connectivity index (χ3n) is 6.01. The van der Waals surface area contributed by atoms with Crippen LogP contribution in [0.1, 0.15) is 32.6 Å². The van der Waals surface area contributed by atoms with Crippen molar-refractivity contribution in [2.45, 2.75) is 44.8 Å². The number of morpholine rings is 1. The topological polar surface area (TPSA) is 93.5 Å². The summed E-state index contributed by atoms with van der Waals surface area (Å²) in [5.74, 6) is 2.01. The number of anilines is 2. The van der Waals surface area contributed by atoms with Gasteiger partial charge in [-0.3, -0.25) is 9.98 Å². The largest absolute Gasteiger partial charge is 0.488 e. The zero-order valence-electron chi connectivity index (χ0n) is 19.4. The van der Waals surface area contributed by atoms with Crippen LogP contribution < -0.4 is 19.7 Å². The van der Waals surface area contributed by atoms with Gasteiger partial charge in [0.05, 0.1) is 32.1 Å². The minimum Gasteiger partial charge on any atom is -0.488 e. The Morgan fingerprint density at radius 1 is 1.15 bits per heavy atom. The number of ether oxygens (including phenoxy) is 3. The molecule has 0 atom stereocenters. The molecule has 33 heavy (non-hydrogen) atoms. The minimum atomic E-state index is 0.115. The molecule has 9 nitrogen and oxygen atoms in total. The highest BCUT2D eigenvalue weighted by Crippen LogP contribution is 2.43. The normalized spacial score (nSPS) is 21.1. The number of nitrogens with one attached hydrogen (secondary N) is 1. The predicted molar refractivity (Wildman–Crippen MR) is 131 cm³/mol. The number of nitrogens with zero attached hydrogens (tertiary/aromatic N) is 5. The Morgan fingerprint density at radius 2 is 1.94 bits per heavy atom. The summed E-state index contributed by atoms with van der Waals surface area (Å²) >= 11 is 0. The van der Waals surface area contributed by atoms with Crippen LogP contribution in [0.3, 0.4) is 0 Å². The van der Waals surface area contributed by atoms with Gasteiger partial charge in [0.15, 0.2) is 0 Å². The molecule has 1 saturated carbocycles. The SMILES string of the molecule is C=Nc1c(/N=C\C)cc(N2CCOCC2)cc1O[C@H]1CC[C@@H](Nc2ccc(OC)nn2)CC1. The first-order valence-electron chi connectivity index (χ1n) is 11.5. The lowest BCUT2D eigenvalue weighted by Gasteiger charge is -2.32. The summed E-state index contributed by atoms with van der Waals surface area (Å²) in [6, 6.07) is 8.17. The molecule has 1 aliphatic carbocycles. The molecule has 1 aromatic carbocycles. The molecule has 4 rings (SSSR count). The van der Waals surface area contributed by atoms with E-state index in [9.17, 15) is 0 Å². The molecule has 0 bridgehead atoms. The van der Waals surface area contributed by atoms with E-state index in [0.29, 0.717) is 17.6 Å². The van der Waals surface area contributed by atoms with Crippen LogP contribution >= 0.6 is 0 Å². The van der Waals surface area contributed by atoms with Crippen molar-refractivity contribution < 1.29 is 14.2 Å². The van der Waals surface area contributed by atoms with Crippen molar-refractivity contribution in [1.82, 2.24) is 10.2 Å². The Morgan fingerprint density at radius 3 is 2.58 bits per heavy atom. The monoisotopic (exact) mass is 452 g/mol. The first-order chi connectivity index (χ1) is 16.2. The second-order valence-corrected chi connectivity index (χ2v) is 8.15. The Balaban J connectivity index is 1.43. The summed E-state index contributed by atoms with van der Waals surface area (Å²) < 4.78 is 17.1. The van der Waals surface area contributed by atoms with Gasteiger partial charge >= 0.3 is 0 Å². The van der Waals surface area contributed by atoms with Crippen LogP contribution in [0.4, 0.5) is 22.9 Å². The Labute approximate surface area is 194 Å². The molecule has 2 heterocycles. The molecule has 9 heteroatoms. The summed E-state index contributed by atoms with van der Waals surface area (Å²) in [7, 11) is 1.58. The van der Waals surface area contributed by atoms with Gasteiger partial charge in [-0.1, -0.05) is 0 Å². The Hall–Kier alpha value is -3.20. The molecular weight excluding hydrogens is 420 g/mol. The van der Waals surface area contributed by atoms with Crippen molar-refractivity contribution in [2.75, 3.05) is 43.6 Å². The smallest absolute Gasteiger partial charge is 0.233 e. The number of hydrogen-bond donors (Lipinski definition) is 1. The first-order valence-corrected chi connectivity index (χ1v) is 11.5. The lowest BCUT2D eigenvalue weighted by Crippen LogP contribution is -2.36. The Bertz CT molecular complexity index is 951. The summed E-state index contributed by atoms with van der Waals surface area (Å²) in [6.45, 7) is 8.81. The quantitative estimate of drug-likeness (QED) is 0.601. The van der Waals surface area contributed by atoms with Gasteiger partial charge in [-0.05, 0) is 51.5 Å². The number of aliphatic imine (C=N–C) groups is 2. The number of hydrogen-bond acceptors (Lipinski definition) is 9. The molecule has 1 N–H and O–H groups in total. The fraction of sp³-hybridized carbons (Fsp3) is 0.500. The van der Waals surface area contributed by atoms with E-state index < -0.39 is 0 Å². The predicted octanol–water partition coefficient (Wildman–Crippen LogP) is 4.18. The van der Waals surface area contributed by atoms with Gasteiger partial charge in [0.1, 0.15) is 17.3 Å². The van der Waals surface area contributed by atoms with Crippen LogP contribution in [-0.2, 0) is 4.74 Å². The molecule has 0 amide bonds. The molecule has 0 radical (unpaired) electrons. The third kappa shape index (κ3) is 5.78. The van der Waals surface area contributed by atoms with E-state index in [4.69, 9.17) is 14.2 Å². The summed E-state index contributed by atoms with van der Waals surface area (Å²) in [4.78, 5) is 11.1. The number of rotatable bonds is 8. The second kappa shape index (κ2) is 11.1. The van der Waals surface area contributed by atoms with Crippen LogP contribution in [0, 0.1) is 0 Å². The maximum absolute atomic E-state index is 6.49. The average Bonchev–Trinajstić information content (AvgIpc) is 2.86. The molecular formula is C24H32N6O3. The molecule has 0 unspecified atom stereocenters. The van der Waals surface area contributed by atoms with Crippen molar-refractivity contribution >= 4 is 35.8 Å². The molecule has 2 aromatic rings. The van der Waals surface area contributed by atoms with Gasteiger partial charge < -0.3 is 24.4 Å². The molecule has 1 aromatic heterocycles. The van der Waals surface area contributed by atoms with Gasteiger partial charge in [-0.25, -0.2) is 0 Å². The van der Waals surface area contributed by atoms with E-state index in [1.807, 2.05) is 19.1 Å². The average molecular weight is 453 g/mol. The van der Waals surface area contributed by atoms with Crippen molar-refractivity contribution in [3.05, 3.63) is 24.3 Å². The van der Waals surface area contributed by atoms with Gasteiger partial charge in [0, 0.05) is 43.2 Å². The number of aromatic nitrogens is 2. The highest BCUT2D eigenvalue weighted by atomic mass is 16.5. The summed E-state index contributed by atoms with van der Waals surface area (Å²) in [5.41, 5.74) is 2.55. The van der Waals surface area contributed by atoms with Crippen LogP contribution in [-0.4, -0.2) is 68.7 Å². The van der Waals surface area contributed by atoms with Crippen molar-refractivity contribution in [3.63, 3.8) is 0 Å². The highest BCUT2D eigenvalue weighted by Gasteiger charge is 2.25. The standard InChI is InChI=1S/C24H32N6O3/c1-4-26-20-15-18(30-11-13-32-14-12-30)16-21(24(20)25-2)33-19-7-5-17(6-8-19)27-22-9-10-23(31-3)29-28-22/h4,9-10,15-17,19H,2,5-8,11-14H2,1,3H3,(H,27,28)/b26-4-/t17-,19+. The second-order valence-electron chi connectivity index (χ2n) is 8.15. The maximum atomic E-state index is 6.49. The van der Waals surface area contributed by atoms with E-state index in [1.54, 1.807) is 13.3 Å². The van der Waals surface area contributed by atoms with E-state index >= 15 is 0 Å². The summed E-state index contributed by atoms with van der Waals surface area (Å²) in [6.07, 6.45) is 5.73. The van der Waals surface area contributed by atoms with E-state index in [0.717, 1.165) is 74.9 Å².